The minimum atomic E-state index is 0. The molecule has 0 amide bonds. The standard InChI is InChI=1S/C48H31N4O.Pt/c1-2-50-30-51(44-21-10-9-20-43(44)50)33-14-11-15-34(28-33)53-35-24-26-39-38-18-7-8-19-42(38)52(45(39)29-35)48-40-25-22-31-12-3-5-16-36(31)46(40)47-37-17-6-4-13-32(37)23-27-41(47)49-48;/h3-27,30H,2H2,1H3;/q-3;. The van der Waals surface area contributed by atoms with Gasteiger partial charge >= 0.3 is 0 Å². The second-order valence-electron chi connectivity index (χ2n) is 13.5. The fourth-order valence-corrected chi connectivity index (χ4v) is 8.21. The summed E-state index contributed by atoms with van der Waals surface area (Å²) in [7, 11) is 0. The van der Waals surface area contributed by atoms with E-state index in [0.29, 0.717) is 11.5 Å². The van der Waals surface area contributed by atoms with Crippen LogP contribution in [-0.2, 0) is 21.1 Å². The van der Waals surface area contributed by atoms with E-state index in [2.05, 4.69) is 174 Å². The molecule has 0 fully saturated rings. The molecule has 0 atom stereocenters. The van der Waals surface area contributed by atoms with Crippen LogP contribution in [0, 0.1) is 18.8 Å². The van der Waals surface area contributed by atoms with Gasteiger partial charge in [0.15, 0.2) is 0 Å². The van der Waals surface area contributed by atoms with Crippen molar-refractivity contribution < 1.29 is 25.8 Å². The summed E-state index contributed by atoms with van der Waals surface area (Å²) in [4.78, 5) is 9.90. The quantitative estimate of drug-likeness (QED) is 0.127. The number of fused-ring (bicyclic) bond motifs is 11. The van der Waals surface area contributed by atoms with Crippen LogP contribution in [0.2, 0.25) is 0 Å². The number of anilines is 3. The molecule has 8 aromatic carbocycles. The molecule has 1 aliphatic heterocycles. The summed E-state index contributed by atoms with van der Waals surface area (Å²) in [6.45, 7) is 5.16. The molecule has 0 unspecified atom stereocenters. The van der Waals surface area contributed by atoms with Gasteiger partial charge in [-0.15, -0.1) is 41.4 Å². The summed E-state index contributed by atoms with van der Waals surface area (Å²) in [6, 6.07) is 60.4. The second kappa shape index (κ2) is 12.8. The van der Waals surface area contributed by atoms with E-state index >= 15 is 0 Å². The van der Waals surface area contributed by atoms with Crippen LogP contribution in [0.3, 0.4) is 0 Å². The van der Waals surface area contributed by atoms with Crippen molar-refractivity contribution in [2.45, 2.75) is 6.92 Å². The summed E-state index contributed by atoms with van der Waals surface area (Å²) in [5.41, 5.74) is 6.13. The van der Waals surface area contributed by atoms with Gasteiger partial charge in [0, 0.05) is 65.6 Å². The Bertz CT molecular complexity index is 3100. The maximum atomic E-state index is 6.58. The molecule has 1 aliphatic rings. The first kappa shape index (κ1) is 32.5. The summed E-state index contributed by atoms with van der Waals surface area (Å²) in [5.74, 6) is 2.09. The smallest absolute Gasteiger partial charge is 0.144 e. The topological polar surface area (TPSA) is 33.5 Å². The van der Waals surface area contributed by atoms with E-state index in [1.165, 1.54) is 38.0 Å². The molecule has 3 heterocycles. The molecule has 0 spiro atoms. The Labute approximate surface area is 326 Å². The van der Waals surface area contributed by atoms with E-state index in [1.54, 1.807) is 0 Å². The van der Waals surface area contributed by atoms with Gasteiger partial charge in [-0.25, -0.2) is 4.98 Å². The number of ether oxygens (including phenoxy) is 1. The van der Waals surface area contributed by atoms with E-state index in [4.69, 9.17) is 9.72 Å². The minimum absolute atomic E-state index is 0. The van der Waals surface area contributed by atoms with Gasteiger partial charge in [0.25, 0.3) is 0 Å². The molecule has 0 bridgehead atoms. The summed E-state index contributed by atoms with van der Waals surface area (Å²) in [6.07, 6.45) is 0. The Hall–Kier alpha value is -6.16. The van der Waals surface area contributed by atoms with Gasteiger partial charge in [-0.05, 0) is 70.7 Å². The van der Waals surface area contributed by atoms with E-state index in [1.807, 2.05) is 18.2 Å². The molecule has 5 nitrogen and oxygen atoms in total. The van der Waals surface area contributed by atoms with Gasteiger partial charge in [0.2, 0.25) is 0 Å². The Morgan fingerprint density at radius 3 is 2.06 bits per heavy atom. The summed E-state index contributed by atoms with van der Waals surface area (Å²) >= 11 is 0. The maximum Gasteiger partial charge on any atom is 0.144 e. The molecule has 0 N–H and O–H groups in total. The molecule has 10 aromatic rings. The molecule has 0 saturated heterocycles. The molecule has 262 valence electrons. The average molecular weight is 875 g/mol. The van der Waals surface area contributed by atoms with Gasteiger partial charge in [-0.3, -0.25) is 0 Å². The molecule has 2 aromatic heterocycles. The molecule has 0 radical (unpaired) electrons. The first-order valence-electron chi connectivity index (χ1n) is 18.0. The fraction of sp³-hybridized carbons (Fsp3) is 0.0417. The number of para-hydroxylation sites is 3. The molecule has 0 aliphatic carbocycles. The maximum absolute atomic E-state index is 6.58. The van der Waals surface area contributed by atoms with Gasteiger partial charge < -0.3 is 19.1 Å². The van der Waals surface area contributed by atoms with Gasteiger partial charge in [-0.1, -0.05) is 96.5 Å². The Morgan fingerprint density at radius 1 is 0.574 bits per heavy atom. The zero-order valence-corrected chi connectivity index (χ0v) is 31.5. The van der Waals surface area contributed by atoms with Crippen molar-refractivity contribution in [3.05, 3.63) is 170 Å². The van der Waals surface area contributed by atoms with Crippen LogP contribution in [0.5, 0.6) is 11.5 Å². The number of benzene rings is 8. The van der Waals surface area contributed by atoms with Crippen molar-refractivity contribution in [3.63, 3.8) is 0 Å². The van der Waals surface area contributed by atoms with Crippen molar-refractivity contribution in [2.24, 2.45) is 0 Å². The third-order valence-corrected chi connectivity index (χ3v) is 10.6. The first-order chi connectivity index (χ1) is 26.2. The average Bonchev–Trinajstić information content (AvgIpc) is 3.76. The van der Waals surface area contributed by atoms with Crippen LogP contribution < -0.4 is 14.5 Å². The number of nitrogens with zero attached hydrogens (tertiary/aromatic N) is 4. The molecule has 11 rings (SSSR count). The molecule has 54 heavy (non-hydrogen) atoms. The van der Waals surface area contributed by atoms with Crippen LogP contribution in [0.25, 0.3) is 70.8 Å². The van der Waals surface area contributed by atoms with Gasteiger partial charge in [0.05, 0.1) is 5.52 Å². The van der Waals surface area contributed by atoms with Crippen LogP contribution in [0.1, 0.15) is 6.92 Å². The zero-order valence-electron chi connectivity index (χ0n) is 29.2. The number of rotatable bonds is 5. The summed E-state index contributed by atoms with van der Waals surface area (Å²) in [5, 5.41) is 10.5. The Morgan fingerprint density at radius 2 is 1.24 bits per heavy atom. The van der Waals surface area contributed by atoms with E-state index in [0.717, 1.165) is 56.4 Å². The van der Waals surface area contributed by atoms with E-state index in [9.17, 15) is 0 Å². The zero-order chi connectivity index (χ0) is 35.0. The van der Waals surface area contributed by atoms with Crippen molar-refractivity contribution in [2.75, 3.05) is 16.3 Å². The van der Waals surface area contributed by atoms with Gasteiger partial charge in [-0.2, -0.15) is 18.8 Å². The molecular weight excluding hydrogens is 844 g/mol. The SMILES string of the molecule is CCN1[CH-]N(c2[c-]c(Oc3[c-]c4c(cc3)c3ccccc3n4-c3nc4ccc5ccccc5c4c4c3ccc3ccccc34)ccc2)c2ccccc21.[Pt]. The van der Waals surface area contributed by atoms with Crippen molar-refractivity contribution in [1.82, 2.24) is 9.55 Å². The fourth-order valence-electron chi connectivity index (χ4n) is 8.21. The van der Waals surface area contributed by atoms with E-state index in [-0.39, 0.29) is 21.1 Å². The monoisotopic (exact) mass is 874 g/mol. The number of aromatic nitrogens is 2. The third kappa shape index (κ3) is 4.92. The summed E-state index contributed by atoms with van der Waals surface area (Å²) < 4.78 is 8.84. The van der Waals surface area contributed by atoms with Crippen LogP contribution in [0.4, 0.5) is 17.1 Å². The third-order valence-electron chi connectivity index (χ3n) is 10.6. The predicted octanol–water partition coefficient (Wildman–Crippen LogP) is 12.3. The van der Waals surface area contributed by atoms with Crippen molar-refractivity contribution >= 4 is 82.1 Å². The molecule has 0 saturated carbocycles. The van der Waals surface area contributed by atoms with Gasteiger partial charge in [0.1, 0.15) is 5.82 Å². The largest absolute Gasteiger partial charge is 0.509 e. The van der Waals surface area contributed by atoms with Crippen LogP contribution >= 0.6 is 0 Å². The normalized spacial score (nSPS) is 12.7. The molecular formula is C48H31N4OPt-3. The van der Waals surface area contributed by atoms with Crippen LogP contribution in [-0.4, -0.2) is 16.1 Å². The van der Waals surface area contributed by atoms with E-state index < -0.39 is 0 Å². The van der Waals surface area contributed by atoms with Crippen molar-refractivity contribution in [3.8, 4) is 17.3 Å². The van der Waals surface area contributed by atoms with Crippen LogP contribution in [0.15, 0.2) is 152 Å². The Kier molecular flexibility index (Phi) is 7.67. The molecule has 6 heteroatoms. The predicted molar refractivity (Wildman–Crippen MR) is 219 cm³/mol. The minimum Gasteiger partial charge on any atom is -0.509 e. The number of hydrogen-bond acceptors (Lipinski definition) is 4. The second-order valence-corrected chi connectivity index (χ2v) is 13.5. The number of pyridine rings is 1. The van der Waals surface area contributed by atoms with Crippen molar-refractivity contribution in [1.29, 1.82) is 0 Å². The first-order valence-corrected chi connectivity index (χ1v) is 18.0. The Balaban J connectivity index is 0.00000361. The number of hydrogen-bond donors (Lipinski definition) is 0.